The summed E-state index contributed by atoms with van der Waals surface area (Å²) in [7, 11) is 0. The number of carbonyl (C=O) groups excluding carboxylic acids is 1. The molecule has 0 fully saturated rings. The number of halogens is 2. The van der Waals surface area contributed by atoms with Crippen molar-refractivity contribution >= 4 is 33.4 Å². The number of pyridine rings is 1. The standard InChI is InChI=1S/C21H27N5O.2ClH.Pt/c22-11-14-24-12-4-1-5-13-25-21(27)17-9-6-8-16-19(23)15-7-2-3-10-18(15)26-20(16)17;;;/h2-3,6-10,24H,1,4-5,11-14,22H2,(H2,23,26)(H,25,27);2*1H;/q;;;+2/p-2. The van der Waals surface area contributed by atoms with E-state index in [9.17, 15) is 4.79 Å². The number of rotatable bonds is 9. The number of nitrogens with zero attached hydrogens (tertiary/aromatic N) is 1. The minimum Gasteiger partial charge on any atom is -1.00 e. The van der Waals surface area contributed by atoms with Gasteiger partial charge in [0.05, 0.1) is 22.3 Å². The van der Waals surface area contributed by atoms with Crippen molar-refractivity contribution in [2.24, 2.45) is 5.73 Å². The Labute approximate surface area is 204 Å². The number of anilines is 1. The first-order valence-corrected chi connectivity index (χ1v) is 9.48. The van der Waals surface area contributed by atoms with Gasteiger partial charge in [-0.05, 0) is 31.5 Å². The maximum absolute atomic E-state index is 12.7. The Hall–Kier alpha value is -1.43. The number of para-hydroxylation sites is 2. The van der Waals surface area contributed by atoms with E-state index in [1.165, 1.54) is 0 Å². The van der Waals surface area contributed by atoms with Gasteiger partial charge in [0.1, 0.15) is 0 Å². The van der Waals surface area contributed by atoms with E-state index < -0.39 is 0 Å². The van der Waals surface area contributed by atoms with Crippen LogP contribution in [0.2, 0.25) is 0 Å². The Kier molecular flexibility index (Phi) is 13.9. The number of amides is 1. The molecule has 2 aromatic carbocycles. The van der Waals surface area contributed by atoms with Gasteiger partial charge in [-0.15, -0.1) is 0 Å². The molecule has 0 unspecified atom stereocenters. The Morgan fingerprint density at radius 3 is 2.37 bits per heavy atom. The van der Waals surface area contributed by atoms with E-state index in [-0.39, 0.29) is 51.8 Å². The molecule has 30 heavy (non-hydrogen) atoms. The van der Waals surface area contributed by atoms with Gasteiger partial charge in [-0.25, -0.2) is 4.98 Å². The molecular weight excluding hydrogens is 604 g/mol. The molecule has 1 heterocycles. The first-order valence-electron chi connectivity index (χ1n) is 9.48. The van der Waals surface area contributed by atoms with Crippen LogP contribution >= 0.6 is 0 Å². The molecule has 0 aliphatic rings. The van der Waals surface area contributed by atoms with Crippen molar-refractivity contribution in [2.75, 3.05) is 31.9 Å². The van der Waals surface area contributed by atoms with Crippen LogP contribution in [0.1, 0.15) is 29.6 Å². The number of hydrogen-bond donors (Lipinski definition) is 4. The predicted molar refractivity (Wildman–Crippen MR) is 112 cm³/mol. The van der Waals surface area contributed by atoms with Gasteiger partial charge in [-0.2, -0.15) is 0 Å². The Balaban J connectivity index is 0.00000280. The minimum atomic E-state index is -0.107. The van der Waals surface area contributed by atoms with Crippen molar-refractivity contribution < 1.29 is 50.7 Å². The number of benzene rings is 2. The van der Waals surface area contributed by atoms with Gasteiger partial charge in [-0.3, -0.25) is 4.79 Å². The van der Waals surface area contributed by atoms with Crippen molar-refractivity contribution in [1.82, 2.24) is 15.6 Å². The topological polar surface area (TPSA) is 106 Å². The molecule has 0 aliphatic heterocycles. The molecule has 0 radical (unpaired) electrons. The van der Waals surface area contributed by atoms with E-state index in [2.05, 4.69) is 15.6 Å². The van der Waals surface area contributed by atoms with Crippen molar-refractivity contribution in [1.29, 1.82) is 0 Å². The molecule has 3 rings (SSSR count). The van der Waals surface area contributed by atoms with Gasteiger partial charge >= 0.3 is 21.1 Å². The van der Waals surface area contributed by atoms with Crippen LogP contribution in [0.3, 0.4) is 0 Å². The molecule has 6 nitrogen and oxygen atoms in total. The van der Waals surface area contributed by atoms with E-state index >= 15 is 0 Å². The molecule has 0 bridgehead atoms. The second kappa shape index (κ2) is 14.6. The quantitative estimate of drug-likeness (QED) is 0.145. The van der Waals surface area contributed by atoms with Gasteiger partial charge in [0.25, 0.3) is 5.91 Å². The Morgan fingerprint density at radius 1 is 0.900 bits per heavy atom. The smallest absolute Gasteiger partial charge is 1.00 e. The fourth-order valence-electron chi connectivity index (χ4n) is 3.20. The summed E-state index contributed by atoms with van der Waals surface area (Å²) in [4.78, 5) is 17.3. The van der Waals surface area contributed by atoms with Gasteiger partial charge in [-0.1, -0.05) is 36.8 Å². The molecule has 9 heteroatoms. The summed E-state index contributed by atoms with van der Waals surface area (Å²) in [6, 6.07) is 13.3. The van der Waals surface area contributed by atoms with Crippen LogP contribution in [-0.2, 0) is 21.1 Å². The summed E-state index contributed by atoms with van der Waals surface area (Å²) in [5.74, 6) is -0.107. The number of nitrogen functional groups attached to an aromatic ring is 1. The van der Waals surface area contributed by atoms with Crippen LogP contribution < -0.4 is 46.9 Å². The van der Waals surface area contributed by atoms with Gasteiger partial charge in [0.15, 0.2) is 0 Å². The number of hydrogen-bond acceptors (Lipinski definition) is 5. The van der Waals surface area contributed by atoms with Crippen LogP contribution in [0.5, 0.6) is 0 Å². The van der Waals surface area contributed by atoms with E-state index in [1.807, 2.05) is 36.4 Å². The average molecular weight is 631 g/mol. The zero-order valence-corrected chi connectivity index (χ0v) is 20.4. The number of fused-ring (bicyclic) bond motifs is 2. The average Bonchev–Trinajstić information content (AvgIpc) is 2.70. The predicted octanol–water partition coefficient (Wildman–Crippen LogP) is -3.58. The molecule has 0 aliphatic carbocycles. The number of carbonyl (C=O) groups is 1. The minimum absolute atomic E-state index is 0. The van der Waals surface area contributed by atoms with Crippen LogP contribution in [0.15, 0.2) is 42.5 Å². The van der Waals surface area contributed by atoms with E-state index in [1.54, 1.807) is 6.07 Å². The molecule has 3 aromatic rings. The van der Waals surface area contributed by atoms with Gasteiger partial charge < -0.3 is 46.9 Å². The van der Waals surface area contributed by atoms with Crippen LogP contribution in [0, 0.1) is 0 Å². The second-order valence-electron chi connectivity index (χ2n) is 6.60. The molecule has 6 N–H and O–H groups in total. The largest absolute Gasteiger partial charge is 2.00 e. The van der Waals surface area contributed by atoms with Crippen LogP contribution in [0.25, 0.3) is 21.8 Å². The molecule has 1 amide bonds. The third-order valence-electron chi connectivity index (χ3n) is 4.63. The molecular formula is C21H27Cl2N5OPt. The summed E-state index contributed by atoms with van der Waals surface area (Å²) in [5, 5.41) is 7.99. The molecule has 0 atom stereocenters. The number of unbranched alkanes of at least 4 members (excludes halogenated alkanes) is 2. The summed E-state index contributed by atoms with van der Waals surface area (Å²) in [6.45, 7) is 3.12. The Bertz CT molecular complexity index is 942. The maximum atomic E-state index is 12.7. The summed E-state index contributed by atoms with van der Waals surface area (Å²) < 4.78 is 0. The zero-order chi connectivity index (χ0) is 19.1. The van der Waals surface area contributed by atoms with E-state index in [0.29, 0.717) is 29.9 Å². The number of aromatic nitrogens is 1. The molecule has 0 saturated heterocycles. The van der Waals surface area contributed by atoms with Crippen LogP contribution in [0.4, 0.5) is 5.69 Å². The van der Waals surface area contributed by atoms with Crippen molar-refractivity contribution in [2.45, 2.75) is 19.3 Å². The first kappa shape index (κ1) is 28.6. The first-order chi connectivity index (χ1) is 13.2. The van der Waals surface area contributed by atoms with Crippen LogP contribution in [-0.4, -0.2) is 37.1 Å². The third-order valence-corrected chi connectivity index (χ3v) is 4.63. The molecule has 0 saturated carbocycles. The third kappa shape index (κ3) is 7.07. The maximum Gasteiger partial charge on any atom is 2.00 e. The van der Waals surface area contributed by atoms with Gasteiger partial charge in [0.2, 0.25) is 0 Å². The number of nitrogens with one attached hydrogen (secondary N) is 2. The monoisotopic (exact) mass is 630 g/mol. The molecule has 1 aromatic heterocycles. The normalized spacial score (nSPS) is 10.0. The van der Waals surface area contributed by atoms with Crippen molar-refractivity contribution in [3.8, 4) is 0 Å². The molecule has 166 valence electrons. The van der Waals surface area contributed by atoms with Crippen molar-refractivity contribution in [3.05, 3.63) is 48.0 Å². The number of nitrogens with two attached hydrogens (primary N) is 2. The summed E-state index contributed by atoms with van der Waals surface area (Å²) in [5.41, 5.74) is 14.4. The molecule has 0 spiro atoms. The summed E-state index contributed by atoms with van der Waals surface area (Å²) >= 11 is 0. The van der Waals surface area contributed by atoms with E-state index in [0.717, 1.165) is 48.6 Å². The fraction of sp³-hybridized carbons (Fsp3) is 0.333. The fourth-order valence-corrected chi connectivity index (χ4v) is 3.20. The second-order valence-corrected chi connectivity index (χ2v) is 6.60. The SMILES string of the molecule is NCCNCCCCCNC(=O)c1cccc2c(N)c3ccccc3nc12.[Cl-].[Cl-].[Pt+2]. The Morgan fingerprint density at radius 2 is 1.60 bits per heavy atom. The van der Waals surface area contributed by atoms with Gasteiger partial charge in [0, 0.05) is 30.4 Å². The van der Waals surface area contributed by atoms with Crippen molar-refractivity contribution in [3.63, 3.8) is 0 Å². The zero-order valence-electron chi connectivity index (χ0n) is 16.6. The summed E-state index contributed by atoms with van der Waals surface area (Å²) in [6.07, 6.45) is 3.08. The van der Waals surface area contributed by atoms with E-state index in [4.69, 9.17) is 11.5 Å².